The van der Waals surface area contributed by atoms with Gasteiger partial charge in [0.25, 0.3) is 20.1 Å². The summed E-state index contributed by atoms with van der Waals surface area (Å²) < 4.78 is 29.1. The van der Waals surface area contributed by atoms with Crippen molar-refractivity contribution in [3.05, 3.63) is 231 Å². The monoisotopic (exact) mass is 1120 g/mol. The van der Waals surface area contributed by atoms with Crippen LogP contribution >= 0.6 is 0 Å². The first-order valence-corrected chi connectivity index (χ1v) is 30.7. The summed E-state index contributed by atoms with van der Waals surface area (Å²) in [5, 5.41) is 0. The summed E-state index contributed by atoms with van der Waals surface area (Å²) in [6.07, 6.45) is 0. The van der Waals surface area contributed by atoms with E-state index in [1.54, 1.807) is 0 Å². The minimum Gasteiger partial charge on any atom is -0.458 e. The van der Waals surface area contributed by atoms with Crippen LogP contribution in [0.5, 0.6) is 46.0 Å². The van der Waals surface area contributed by atoms with E-state index in [1.807, 2.05) is 0 Å². The summed E-state index contributed by atoms with van der Waals surface area (Å²) in [5.41, 5.74) is 36.4. The zero-order valence-electron chi connectivity index (χ0n) is 51.3. The summed E-state index contributed by atoms with van der Waals surface area (Å²) in [6.45, 7) is 26.1. The molecule has 17 rings (SSSR count). The molecule has 6 aliphatic rings. The fraction of sp³-hybridized carbons (Fsp3) is 0.154. The third kappa shape index (κ3) is 7.44. The Kier molecular flexibility index (Phi) is 11.0. The van der Waals surface area contributed by atoms with Gasteiger partial charge in [0.2, 0.25) is 0 Å². The largest absolute Gasteiger partial charge is 0.458 e. The molecular formula is C78H63B3N2O4. The minimum atomic E-state index is -0.224. The predicted octanol–water partition coefficient (Wildman–Crippen LogP) is 14.3. The van der Waals surface area contributed by atoms with Crippen LogP contribution in [-0.2, 0) is 0 Å². The van der Waals surface area contributed by atoms with Crippen LogP contribution in [0.15, 0.2) is 164 Å². The van der Waals surface area contributed by atoms with Crippen molar-refractivity contribution in [2.24, 2.45) is 0 Å². The second-order valence-corrected chi connectivity index (χ2v) is 25.9. The summed E-state index contributed by atoms with van der Waals surface area (Å²) in [5.74, 6) is 6.72. The summed E-state index contributed by atoms with van der Waals surface area (Å²) in [4.78, 5) is 5.14. The zero-order chi connectivity index (χ0) is 59.3. The fourth-order valence-electron chi connectivity index (χ4n) is 16.9. The van der Waals surface area contributed by atoms with Crippen LogP contribution in [0.4, 0.5) is 34.1 Å². The molecule has 9 heteroatoms. The highest BCUT2D eigenvalue weighted by atomic mass is 16.5. The van der Waals surface area contributed by atoms with Crippen LogP contribution < -0.4 is 77.9 Å². The molecule has 0 bridgehead atoms. The predicted molar refractivity (Wildman–Crippen MR) is 364 cm³/mol. The van der Waals surface area contributed by atoms with Crippen molar-refractivity contribution in [1.29, 1.82) is 0 Å². The van der Waals surface area contributed by atoms with E-state index in [9.17, 15) is 0 Å². The molecule has 11 aromatic rings. The van der Waals surface area contributed by atoms with Gasteiger partial charge in [0.1, 0.15) is 46.0 Å². The van der Waals surface area contributed by atoms with E-state index >= 15 is 0 Å². The number of anilines is 6. The highest BCUT2D eigenvalue weighted by Gasteiger charge is 2.50. The molecule has 6 nitrogen and oxygen atoms in total. The molecule has 0 N–H and O–H groups in total. The Labute approximate surface area is 511 Å². The van der Waals surface area contributed by atoms with Crippen LogP contribution in [0.25, 0.3) is 22.3 Å². The van der Waals surface area contributed by atoms with E-state index < -0.39 is 0 Å². The van der Waals surface area contributed by atoms with Gasteiger partial charge in [-0.2, -0.15) is 0 Å². The van der Waals surface area contributed by atoms with Crippen molar-refractivity contribution in [2.45, 2.75) is 83.1 Å². The van der Waals surface area contributed by atoms with Crippen LogP contribution in [-0.4, -0.2) is 20.1 Å². The highest BCUT2D eigenvalue weighted by Crippen LogP contribution is 2.50. The molecule has 11 aromatic carbocycles. The smallest absolute Gasteiger partial charge is 0.260 e. The average Bonchev–Trinajstić information content (AvgIpc) is 0.705. The first-order valence-electron chi connectivity index (χ1n) is 30.7. The van der Waals surface area contributed by atoms with E-state index in [1.165, 1.54) is 106 Å². The number of nitrogens with zero attached hydrogens (tertiary/aromatic N) is 2. The number of fused-ring (bicyclic) bond motifs is 12. The van der Waals surface area contributed by atoms with Gasteiger partial charge in [0.05, 0.1) is 11.4 Å². The van der Waals surface area contributed by atoms with E-state index in [4.69, 9.17) is 18.9 Å². The second-order valence-electron chi connectivity index (χ2n) is 25.9. The number of benzene rings is 11. The molecule has 6 heterocycles. The molecule has 87 heavy (non-hydrogen) atoms. The maximum Gasteiger partial charge on any atom is 0.260 e. The molecule has 0 aromatic heterocycles. The van der Waals surface area contributed by atoms with Gasteiger partial charge in [-0.05, 0) is 237 Å². The first kappa shape index (κ1) is 51.8. The van der Waals surface area contributed by atoms with Crippen molar-refractivity contribution in [2.75, 3.05) is 9.80 Å². The lowest BCUT2D eigenvalue weighted by molar-refractivity contribution is 0.464. The fourth-order valence-corrected chi connectivity index (χ4v) is 16.9. The van der Waals surface area contributed by atoms with E-state index in [2.05, 4.69) is 257 Å². The highest BCUT2D eigenvalue weighted by molar-refractivity contribution is 7.03. The van der Waals surface area contributed by atoms with Crippen LogP contribution in [0.2, 0.25) is 0 Å². The lowest BCUT2D eigenvalue weighted by Crippen LogP contribution is -2.65. The maximum atomic E-state index is 7.51. The van der Waals surface area contributed by atoms with Gasteiger partial charge in [-0.25, -0.2) is 0 Å². The molecular weight excluding hydrogens is 1060 g/mol. The number of aryl methyl sites for hydroxylation is 12. The topological polar surface area (TPSA) is 43.4 Å². The zero-order valence-corrected chi connectivity index (χ0v) is 51.3. The van der Waals surface area contributed by atoms with E-state index in [0.29, 0.717) is 0 Å². The Balaban J connectivity index is 0.954. The number of hydrogen-bond donors (Lipinski definition) is 0. The molecule has 0 fully saturated rings. The molecule has 418 valence electrons. The molecule has 0 saturated heterocycles. The minimum absolute atomic E-state index is 0.170. The van der Waals surface area contributed by atoms with E-state index in [0.717, 1.165) is 113 Å². The molecule has 0 aliphatic carbocycles. The van der Waals surface area contributed by atoms with Gasteiger partial charge in [0, 0.05) is 45.8 Å². The Hall–Kier alpha value is -9.59. The van der Waals surface area contributed by atoms with Crippen molar-refractivity contribution < 1.29 is 18.9 Å². The lowest BCUT2D eigenvalue weighted by Gasteiger charge is -2.46. The second kappa shape index (κ2) is 18.5. The number of ether oxygens (including phenoxy) is 4. The van der Waals surface area contributed by atoms with Crippen LogP contribution in [0, 0.1) is 83.1 Å². The standard InChI is InChI=1S/C78H63B3N2O4/c1-40-24-44(5)72(45(6)25-40)52-32-68-75-70(34-52)86-66-38-62-56(36-58(66)79(75)54-18-13-15-22-64(54)84-68)81-57-37-59-67(87-71-35-53(73-46(7)26-41(2)27-47(73)8)33-69-76(71)80(59)55-19-14-16-23-65(55)85-69)39-63(57)83(78-50(11)30-43(4)31-51(78)12)61-21-17-20-60(74(61)81)82(62)77-48(9)28-42(3)29-49(77)10/h13-39H,1-12H3. The summed E-state index contributed by atoms with van der Waals surface area (Å²) in [6, 6.07) is 61.5. The average molecular weight is 1120 g/mol. The van der Waals surface area contributed by atoms with Crippen molar-refractivity contribution in [3.63, 3.8) is 0 Å². The Bertz CT molecular complexity index is 4570. The first-order chi connectivity index (χ1) is 42.0. The van der Waals surface area contributed by atoms with Gasteiger partial charge >= 0.3 is 0 Å². The number of rotatable bonds is 4. The number of hydrogen-bond acceptors (Lipinski definition) is 6. The third-order valence-electron chi connectivity index (χ3n) is 19.6. The van der Waals surface area contributed by atoms with Crippen molar-refractivity contribution >= 4 is 103 Å². The maximum absolute atomic E-state index is 7.51. The van der Waals surface area contributed by atoms with E-state index in [-0.39, 0.29) is 20.1 Å². The molecule has 0 spiro atoms. The molecule has 0 saturated carbocycles. The number of para-hydroxylation sites is 2. The third-order valence-corrected chi connectivity index (χ3v) is 19.6. The Morgan fingerprint density at radius 2 is 0.575 bits per heavy atom. The molecule has 0 amide bonds. The van der Waals surface area contributed by atoms with Crippen LogP contribution in [0.1, 0.15) is 66.8 Å². The summed E-state index contributed by atoms with van der Waals surface area (Å²) >= 11 is 0. The quantitative estimate of drug-likeness (QED) is 0.164. The van der Waals surface area contributed by atoms with Gasteiger partial charge in [-0.1, -0.05) is 125 Å². The van der Waals surface area contributed by atoms with Crippen molar-refractivity contribution in [1.82, 2.24) is 0 Å². The Morgan fingerprint density at radius 3 is 0.943 bits per heavy atom. The van der Waals surface area contributed by atoms with Gasteiger partial charge < -0.3 is 28.7 Å². The van der Waals surface area contributed by atoms with Crippen molar-refractivity contribution in [3.8, 4) is 68.2 Å². The van der Waals surface area contributed by atoms with Gasteiger partial charge in [-0.3, -0.25) is 0 Å². The molecule has 0 radical (unpaired) electrons. The Morgan fingerprint density at radius 1 is 0.253 bits per heavy atom. The van der Waals surface area contributed by atoms with Gasteiger partial charge in [0.15, 0.2) is 0 Å². The molecule has 6 aliphatic heterocycles. The summed E-state index contributed by atoms with van der Waals surface area (Å²) in [7, 11) is 0. The lowest BCUT2D eigenvalue weighted by atomic mass is 9.29. The molecule has 0 atom stereocenters. The van der Waals surface area contributed by atoms with Gasteiger partial charge in [-0.15, -0.1) is 0 Å². The SMILES string of the molecule is Cc1cc(C)c(-c2cc3c4c(c2)Oc2cc5c(cc2B4c2ccccc2O3)B2c3cc4c(cc3N(c3c(C)cc(C)cc3C)c3cccc(c32)N5c2c(C)cc(C)cc2C)Oc2cc(-c3c(C)cc(C)cc3C)cc3c2B4c2ccccc2O3)c(C)c1. The molecule has 0 unspecified atom stereocenters. The van der Waals surface area contributed by atoms with Crippen LogP contribution in [0.3, 0.4) is 0 Å². The normalized spacial score (nSPS) is 13.8.